The lowest BCUT2D eigenvalue weighted by Crippen LogP contribution is -2.43. The van der Waals surface area contributed by atoms with E-state index < -0.39 is 11.9 Å². The minimum absolute atomic E-state index is 0.00719. The summed E-state index contributed by atoms with van der Waals surface area (Å²) in [5.74, 6) is -0.869. The molecule has 1 aromatic rings. The number of hydrogen-bond donors (Lipinski definition) is 1. The molecule has 0 radical (unpaired) electrons. The molecule has 0 unspecified atom stereocenters. The summed E-state index contributed by atoms with van der Waals surface area (Å²) in [5, 5.41) is 9.00. The van der Waals surface area contributed by atoms with Gasteiger partial charge in [0.25, 0.3) is 0 Å². The van der Waals surface area contributed by atoms with E-state index in [-0.39, 0.29) is 5.91 Å². The molecule has 0 aliphatic carbocycles. The molecule has 2 rings (SSSR count). The van der Waals surface area contributed by atoms with Crippen LogP contribution in [-0.4, -0.2) is 45.7 Å². The van der Waals surface area contributed by atoms with Crippen LogP contribution in [0, 0.1) is 5.92 Å². The number of rotatable bonds is 4. The van der Waals surface area contributed by atoms with Gasteiger partial charge in [-0.25, -0.2) is 0 Å². The predicted octanol–water partition coefficient (Wildman–Crippen LogP) is 1.50. The minimum atomic E-state index is -0.806. The highest BCUT2D eigenvalue weighted by Crippen LogP contribution is 2.20. The molecule has 1 aliphatic heterocycles. The third-order valence-corrected chi connectivity index (χ3v) is 4.13. The Morgan fingerprint density at radius 3 is 2.84 bits per heavy atom. The van der Waals surface area contributed by atoms with E-state index in [2.05, 4.69) is 4.98 Å². The summed E-state index contributed by atoms with van der Waals surface area (Å²) in [5.41, 5.74) is 0. The normalized spacial score (nSPS) is 19.2. The van der Waals surface area contributed by atoms with Crippen LogP contribution in [0.15, 0.2) is 29.4 Å². The highest BCUT2D eigenvalue weighted by Gasteiger charge is 2.27. The van der Waals surface area contributed by atoms with E-state index in [1.807, 2.05) is 12.1 Å². The summed E-state index contributed by atoms with van der Waals surface area (Å²) in [6.45, 7) is 1.00. The van der Waals surface area contributed by atoms with Crippen LogP contribution < -0.4 is 0 Å². The van der Waals surface area contributed by atoms with Gasteiger partial charge >= 0.3 is 5.97 Å². The van der Waals surface area contributed by atoms with Crippen molar-refractivity contribution in [2.45, 2.75) is 17.7 Å². The first-order valence-electron chi connectivity index (χ1n) is 6.20. The molecular weight excluding hydrogens is 264 g/mol. The van der Waals surface area contributed by atoms with E-state index in [0.717, 1.165) is 11.3 Å². The lowest BCUT2D eigenvalue weighted by atomic mass is 9.98. The summed E-state index contributed by atoms with van der Waals surface area (Å²) >= 11 is 1.45. The Kier molecular flexibility index (Phi) is 4.79. The van der Waals surface area contributed by atoms with Crippen LogP contribution in [0.3, 0.4) is 0 Å². The highest BCUT2D eigenvalue weighted by atomic mass is 32.2. The third kappa shape index (κ3) is 3.96. The topological polar surface area (TPSA) is 70.5 Å². The Balaban J connectivity index is 1.84. The molecule has 0 spiro atoms. The molecule has 1 fully saturated rings. The number of aliphatic carboxylic acids is 1. The van der Waals surface area contributed by atoms with Gasteiger partial charge in [-0.15, -0.1) is 11.8 Å². The van der Waals surface area contributed by atoms with Crippen LogP contribution in [0.1, 0.15) is 12.8 Å². The van der Waals surface area contributed by atoms with Crippen LogP contribution in [0.25, 0.3) is 0 Å². The SMILES string of the molecule is O=C(O)[C@@H]1CCCN(C(=O)CSc2ccncc2)C1. The van der Waals surface area contributed by atoms with E-state index in [1.54, 1.807) is 17.3 Å². The zero-order valence-corrected chi connectivity index (χ0v) is 11.3. The van der Waals surface area contributed by atoms with Gasteiger partial charge in [0, 0.05) is 30.4 Å². The van der Waals surface area contributed by atoms with Gasteiger partial charge in [0.2, 0.25) is 5.91 Å². The molecule has 0 bridgehead atoms. The molecule has 1 amide bonds. The van der Waals surface area contributed by atoms with Crippen LogP contribution in [0.4, 0.5) is 0 Å². The first-order chi connectivity index (χ1) is 9.16. The van der Waals surface area contributed by atoms with Crippen LogP contribution >= 0.6 is 11.8 Å². The first kappa shape index (κ1) is 13.9. The number of hydrogen-bond acceptors (Lipinski definition) is 4. The fourth-order valence-corrected chi connectivity index (χ4v) is 2.86. The van der Waals surface area contributed by atoms with Crippen molar-refractivity contribution in [1.82, 2.24) is 9.88 Å². The van der Waals surface area contributed by atoms with E-state index in [9.17, 15) is 9.59 Å². The van der Waals surface area contributed by atoms with Crippen molar-refractivity contribution in [3.05, 3.63) is 24.5 Å². The summed E-state index contributed by atoms with van der Waals surface area (Å²) in [7, 11) is 0. The standard InChI is InChI=1S/C13H16N2O3S/c16-12(9-19-11-3-5-14-6-4-11)15-7-1-2-10(8-15)13(17)18/h3-6,10H,1-2,7-9H2,(H,17,18)/t10-/m1/s1. The number of carboxylic acids is 1. The second-order valence-corrected chi connectivity index (χ2v) is 5.54. The highest BCUT2D eigenvalue weighted by molar-refractivity contribution is 8.00. The van der Waals surface area contributed by atoms with Crippen molar-refractivity contribution in [1.29, 1.82) is 0 Å². The Labute approximate surface area is 116 Å². The average molecular weight is 280 g/mol. The molecule has 1 aliphatic rings. The number of pyridine rings is 1. The number of nitrogens with zero attached hydrogens (tertiary/aromatic N) is 2. The quantitative estimate of drug-likeness (QED) is 0.846. The molecule has 6 heteroatoms. The zero-order valence-electron chi connectivity index (χ0n) is 10.5. The van der Waals surface area contributed by atoms with Crippen molar-refractivity contribution >= 4 is 23.6 Å². The van der Waals surface area contributed by atoms with Crippen molar-refractivity contribution < 1.29 is 14.7 Å². The molecule has 102 valence electrons. The third-order valence-electron chi connectivity index (χ3n) is 3.14. The summed E-state index contributed by atoms with van der Waals surface area (Å²) in [6.07, 6.45) is 4.81. The number of carbonyl (C=O) groups is 2. The molecule has 1 atom stereocenters. The number of thioether (sulfide) groups is 1. The second kappa shape index (κ2) is 6.56. The smallest absolute Gasteiger partial charge is 0.308 e. The molecule has 1 saturated heterocycles. The Bertz CT molecular complexity index is 452. The van der Waals surface area contributed by atoms with E-state index in [1.165, 1.54) is 11.8 Å². The Morgan fingerprint density at radius 2 is 2.16 bits per heavy atom. The molecule has 5 nitrogen and oxygen atoms in total. The molecule has 0 saturated carbocycles. The number of amides is 1. The Morgan fingerprint density at radius 1 is 1.42 bits per heavy atom. The molecule has 0 aromatic carbocycles. The number of piperidine rings is 1. The van der Waals surface area contributed by atoms with Crippen LogP contribution in [0.5, 0.6) is 0 Å². The molecule has 19 heavy (non-hydrogen) atoms. The number of carbonyl (C=O) groups excluding carboxylic acids is 1. The summed E-state index contributed by atoms with van der Waals surface area (Å²) < 4.78 is 0. The molecule has 1 aromatic heterocycles. The lowest BCUT2D eigenvalue weighted by Gasteiger charge is -2.30. The van der Waals surface area contributed by atoms with Crippen molar-refractivity contribution in [3.63, 3.8) is 0 Å². The number of aromatic nitrogens is 1. The van der Waals surface area contributed by atoms with E-state index >= 15 is 0 Å². The van der Waals surface area contributed by atoms with E-state index in [0.29, 0.717) is 25.3 Å². The predicted molar refractivity (Wildman–Crippen MR) is 71.9 cm³/mol. The fourth-order valence-electron chi connectivity index (χ4n) is 2.08. The van der Waals surface area contributed by atoms with Gasteiger partial charge in [-0.1, -0.05) is 0 Å². The van der Waals surface area contributed by atoms with Gasteiger partial charge < -0.3 is 10.0 Å². The second-order valence-electron chi connectivity index (χ2n) is 4.49. The maximum Gasteiger partial charge on any atom is 0.308 e. The first-order valence-corrected chi connectivity index (χ1v) is 7.19. The van der Waals surface area contributed by atoms with Gasteiger partial charge in [-0.2, -0.15) is 0 Å². The largest absolute Gasteiger partial charge is 0.481 e. The average Bonchev–Trinajstić information content (AvgIpc) is 2.46. The van der Waals surface area contributed by atoms with E-state index in [4.69, 9.17) is 5.11 Å². The number of carboxylic acid groups (broad SMARTS) is 1. The molecule has 2 heterocycles. The summed E-state index contributed by atoms with van der Waals surface area (Å²) in [6, 6.07) is 3.71. The molecular formula is C13H16N2O3S. The lowest BCUT2D eigenvalue weighted by molar-refractivity contribution is -0.145. The Hall–Kier alpha value is -1.56. The van der Waals surface area contributed by atoms with Gasteiger partial charge in [0.1, 0.15) is 0 Å². The van der Waals surface area contributed by atoms with Crippen molar-refractivity contribution in [3.8, 4) is 0 Å². The van der Waals surface area contributed by atoms with Gasteiger partial charge in [-0.3, -0.25) is 14.6 Å². The zero-order chi connectivity index (χ0) is 13.7. The van der Waals surface area contributed by atoms with Crippen LogP contribution in [-0.2, 0) is 9.59 Å². The fraction of sp³-hybridized carbons (Fsp3) is 0.462. The monoisotopic (exact) mass is 280 g/mol. The van der Waals surface area contributed by atoms with Gasteiger partial charge in [0.05, 0.1) is 11.7 Å². The van der Waals surface area contributed by atoms with Crippen molar-refractivity contribution in [2.24, 2.45) is 5.92 Å². The number of likely N-dealkylation sites (tertiary alicyclic amines) is 1. The maximum absolute atomic E-state index is 12.0. The summed E-state index contributed by atoms with van der Waals surface area (Å²) in [4.78, 5) is 29.6. The maximum atomic E-state index is 12.0. The molecule has 1 N–H and O–H groups in total. The van der Waals surface area contributed by atoms with Crippen LogP contribution in [0.2, 0.25) is 0 Å². The minimum Gasteiger partial charge on any atom is -0.481 e. The van der Waals surface area contributed by atoms with Gasteiger partial charge in [0.15, 0.2) is 0 Å². The van der Waals surface area contributed by atoms with Gasteiger partial charge in [-0.05, 0) is 25.0 Å². The van der Waals surface area contributed by atoms with Crippen molar-refractivity contribution in [2.75, 3.05) is 18.8 Å².